The molecule has 7 rings (SSSR count). The number of carbonyl (C=O) groups is 1. The predicted octanol–water partition coefficient (Wildman–Crippen LogP) is 3.55. The summed E-state index contributed by atoms with van der Waals surface area (Å²) >= 11 is 0. The molecule has 1 aromatic carbocycles. The van der Waals surface area contributed by atoms with Crippen LogP contribution >= 0.6 is 0 Å². The molecular formula is C26H30N4O5. The highest BCUT2D eigenvalue weighted by molar-refractivity contribution is 6.02. The number of benzene rings is 1. The molecule has 0 spiro atoms. The van der Waals surface area contributed by atoms with Crippen LogP contribution in [0.3, 0.4) is 0 Å². The summed E-state index contributed by atoms with van der Waals surface area (Å²) < 4.78 is 12.7. The molecule has 35 heavy (non-hydrogen) atoms. The summed E-state index contributed by atoms with van der Waals surface area (Å²) in [5.41, 5.74) is 2.26. The number of imidazole rings is 1. The second kappa shape index (κ2) is 8.12. The van der Waals surface area contributed by atoms with E-state index in [1.54, 1.807) is 20.5 Å². The molecule has 184 valence electrons. The Labute approximate surface area is 203 Å². The molecule has 0 aliphatic heterocycles. The van der Waals surface area contributed by atoms with Crippen molar-refractivity contribution < 1.29 is 24.5 Å². The molecular weight excluding hydrogens is 448 g/mol. The van der Waals surface area contributed by atoms with Gasteiger partial charge in [-0.3, -0.25) is 0 Å². The fraction of sp³-hybridized carbons (Fsp3) is 0.500. The first-order valence-electron chi connectivity index (χ1n) is 12.1. The highest BCUT2D eigenvalue weighted by Crippen LogP contribution is 2.56. The highest BCUT2D eigenvalue weighted by atomic mass is 16.5. The Morgan fingerprint density at radius 3 is 2.54 bits per heavy atom. The third kappa shape index (κ3) is 3.69. The van der Waals surface area contributed by atoms with Crippen LogP contribution in [0.1, 0.15) is 48.0 Å². The summed E-state index contributed by atoms with van der Waals surface area (Å²) in [7, 11) is 3.20. The number of pyridine rings is 1. The van der Waals surface area contributed by atoms with Crippen molar-refractivity contribution in [2.45, 2.75) is 50.3 Å². The first kappa shape index (κ1) is 22.2. The molecule has 4 saturated carbocycles. The Morgan fingerprint density at radius 2 is 1.89 bits per heavy atom. The number of rotatable bonds is 7. The maximum atomic E-state index is 12.1. The lowest BCUT2D eigenvalue weighted by Gasteiger charge is -2.58. The monoisotopic (exact) mass is 478 g/mol. The number of nitrogens with one attached hydrogen (secondary N) is 1. The summed E-state index contributed by atoms with van der Waals surface area (Å²) in [5.74, 6) is 1.52. The van der Waals surface area contributed by atoms with E-state index in [1.165, 1.54) is 6.20 Å². The number of hydrogen-bond donors (Lipinski definition) is 3. The van der Waals surface area contributed by atoms with E-state index >= 15 is 0 Å². The zero-order chi connectivity index (χ0) is 24.3. The predicted molar refractivity (Wildman–Crippen MR) is 129 cm³/mol. The third-order valence-corrected chi connectivity index (χ3v) is 8.22. The highest BCUT2D eigenvalue weighted by Gasteiger charge is 2.54. The van der Waals surface area contributed by atoms with Crippen molar-refractivity contribution in [2.75, 3.05) is 19.5 Å². The average Bonchev–Trinajstić information content (AvgIpc) is 3.23. The van der Waals surface area contributed by atoms with E-state index in [1.807, 2.05) is 22.8 Å². The minimum Gasteiger partial charge on any atom is -0.493 e. The lowest BCUT2D eigenvalue weighted by Crippen LogP contribution is -2.59. The topological polar surface area (TPSA) is 119 Å². The molecule has 0 radical (unpaired) electrons. The van der Waals surface area contributed by atoms with Gasteiger partial charge in [0.05, 0.1) is 38.4 Å². The molecule has 4 aliphatic carbocycles. The number of aliphatic hydroxyl groups is 1. The van der Waals surface area contributed by atoms with Crippen molar-refractivity contribution in [1.82, 2.24) is 14.5 Å². The van der Waals surface area contributed by atoms with E-state index in [0.717, 1.165) is 37.7 Å². The van der Waals surface area contributed by atoms with Crippen LogP contribution in [0, 0.1) is 17.8 Å². The van der Waals surface area contributed by atoms with Gasteiger partial charge >= 0.3 is 5.97 Å². The summed E-state index contributed by atoms with van der Waals surface area (Å²) in [6.45, 7) is 0.499. The zero-order valence-corrected chi connectivity index (χ0v) is 19.9. The van der Waals surface area contributed by atoms with Gasteiger partial charge in [0.25, 0.3) is 0 Å². The molecule has 2 heterocycles. The average molecular weight is 479 g/mol. The van der Waals surface area contributed by atoms with Gasteiger partial charge in [0.2, 0.25) is 0 Å². The molecule has 3 N–H and O–H groups in total. The molecule has 3 aromatic rings. The van der Waals surface area contributed by atoms with Crippen LogP contribution < -0.4 is 14.8 Å². The molecule has 1 unspecified atom stereocenters. The van der Waals surface area contributed by atoms with Crippen LogP contribution in [0.15, 0.2) is 30.7 Å². The quantitative estimate of drug-likeness (QED) is 0.472. The lowest BCUT2D eigenvalue weighted by atomic mass is 9.52. The van der Waals surface area contributed by atoms with E-state index in [2.05, 4.69) is 15.3 Å². The van der Waals surface area contributed by atoms with Crippen molar-refractivity contribution >= 4 is 22.8 Å². The van der Waals surface area contributed by atoms with Gasteiger partial charge in [0.15, 0.2) is 17.1 Å². The normalized spacial score (nSPS) is 28.9. The van der Waals surface area contributed by atoms with Crippen LogP contribution in [-0.2, 0) is 6.54 Å². The number of carboxylic acid groups (broad SMARTS) is 1. The van der Waals surface area contributed by atoms with Gasteiger partial charge in [-0.2, -0.15) is 0 Å². The molecule has 5 atom stereocenters. The Kier molecular flexibility index (Phi) is 5.14. The second-order valence-corrected chi connectivity index (χ2v) is 10.5. The number of anilines is 1. The lowest BCUT2D eigenvalue weighted by molar-refractivity contribution is -0.129. The largest absolute Gasteiger partial charge is 0.493 e. The van der Waals surface area contributed by atoms with Crippen LogP contribution in [-0.4, -0.2) is 56.6 Å². The molecule has 9 heteroatoms. The standard InChI is InChI=1S/C26H30N4O5/c1-34-19-4-3-14(7-20(19)35-2)12-30-13-28-23-22(18(25(31)32)11-27-24(23)30)29-21-16-5-15-6-17(21)10-26(33,8-15)9-16/h3-4,7,11,13,15-17,21,33H,5-6,8-10,12H2,1-2H3,(H,27,29)(H,31,32)/t15?,16-,17+,21+,26-. The Balaban J connectivity index is 1.34. The summed E-state index contributed by atoms with van der Waals surface area (Å²) in [4.78, 5) is 21.2. The molecule has 4 aliphatic rings. The van der Waals surface area contributed by atoms with E-state index in [-0.39, 0.29) is 11.6 Å². The molecule has 0 saturated heterocycles. The van der Waals surface area contributed by atoms with E-state index in [0.29, 0.717) is 52.6 Å². The number of hydrogen-bond acceptors (Lipinski definition) is 7. The first-order chi connectivity index (χ1) is 16.9. The van der Waals surface area contributed by atoms with E-state index in [9.17, 15) is 15.0 Å². The number of carboxylic acids is 1. The minimum atomic E-state index is -1.03. The first-order valence-corrected chi connectivity index (χ1v) is 12.1. The maximum Gasteiger partial charge on any atom is 0.339 e. The number of nitrogens with zero attached hydrogens (tertiary/aromatic N) is 3. The number of ether oxygens (including phenoxy) is 2. The van der Waals surface area contributed by atoms with Gasteiger partial charge in [0.1, 0.15) is 11.1 Å². The number of aromatic carboxylic acids is 1. The second-order valence-electron chi connectivity index (χ2n) is 10.5. The fourth-order valence-electron chi connectivity index (χ4n) is 6.99. The van der Waals surface area contributed by atoms with Crippen LogP contribution in [0.4, 0.5) is 5.69 Å². The smallest absolute Gasteiger partial charge is 0.339 e. The Morgan fingerprint density at radius 1 is 1.14 bits per heavy atom. The molecule has 2 aromatic heterocycles. The van der Waals surface area contributed by atoms with Gasteiger partial charge < -0.3 is 29.6 Å². The van der Waals surface area contributed by atoms with Crippen molar-refractivity contribution in [1.29, 1.82) is 0 Å². The number of methoxy groups -OCH3 is 2. The van der Waals surface area contributed by atoms with Crippen molar-refractivity contribution in [3.05, 3.63) is 41.9 Å². The SMILES string of the molecule is COc1ccc(Cn2cnc3c(N[C@H]4[C@@H]5CC6C[C@H]4C[C@@](O)(C6)C5)c(C(=O)O)cnc32)cc1OC. The van der Waals surface area contributed by atoms with Crippen LogP contribution in [0.25, 0.3) is 11.2 Å². The summed E-state index contributed by atoms with van der Waals surface area (Å²) in [6.07, 6.45) is 7.76. The van der Waals surface area contributed by atoms with Gasteiger partial charge in [-0.25, -0.2) is 14.8 Å². The van der Waals surface area contributed by atoms with Gasteiger partial charge in [-0.15, -0.1) is 0 Å². The van der Waals surface area contributed by atoms with Crippen LogP contribution in [0.2, 0.25) is 0 Å². The molecule has 4 bridgehead atoms. The molecule has 0 amide bonds. The van der Waals surface area contributed by atoms with Crippen LogP contribution in [0.5, 0.6) is 11.5 Å². The van der Waals surface area contributed by atoms with Gasteiger partial charge in [-0.1, -0.05) is 6.07 Å². The third-order valence-electron chi connectivity index (χ3n) is 8.22. The fourth-order valence-corrected chi connectivity index (χ4v) is 6.99. The number of fused-ring (bicyclic) bond motifs is 1. The minimum absolute atomic E-state index is 0.126. The van der Waals surface area contributed by atoms with Crippen molar-refractivity contribution in [3.8, 4) is 11.5 Å². The summed E-state index contributed by atoms with van der Waals surface area (Å²) in [5, 5.41) is 24.5. The molecule has 4 fully saturated rings. The van der Waals surface area contributed by atoms with Gasteiger partial charge in [0, 0.05) is 12.2 Å². The summed E-state index contributed by atoms with van der Waals surface area (Å²) in [6, 6.07) is 5.86. The van der Waals surface area contributed by atoms with E-state index < -0.39 is 11.6 Å². The maximum absolute atomic E-state index is 12.1. The van der Waals surface area contributed by atoms with Gasteiger partial charge in [-0.05, 0) is 67.6 Å². The zero-order valence-electron chi connectivity index (χ0n) is 19.9. The Hall–Kier alpha value is -3.33. The van der Waals surface area contributed by atoms with Crippen molar-refractivity contribution in [2.24, 2.45) is 17.8 Å². The van der Waals surface area contributed by atoms with Crippen molar-refractivity contribution in [3.63, 3.8) is 0 Å². The number of aromatic nitrogens is 3. The molecule has 9 nitrogen and oxygen atoms in total. The van der Waals surface area contributed by atoms with E-state index in [4.69, 9.17) is 9.47 Å². The Bertz CT molecular complexity index is 1290.